The lowest BCUT2D eigenvalue weighted by Crippen LogP contribution is -2.20. The lowest BCUT2D eigenvalue weighted by molar-refractivity contribution is -0.0803. The number of halogens is 3. The van der Waals surface area contributed by atoms with Gasteiger partial charge in [0.25, 0.3) is 0 Å². The number of rotatable bonds is 7. The zero-order chi connectivity index (χ0) is 19.0. The average Bonchev–Trinajstić information content (AvgIpc) is 2.60. The van der Waals surface area contributed by atoms with E-state index in [2.05, 4.69) is 39.6 Å². The van der Waals surface area contributed by atoms with E-state index in [0.717, 1.165) is 24.8 Å². The maximum atomic E-state index is 12.9. The van der Waals surface area contributed by atoms with Gasteiger partial charge in [0.2, 0.25) is 0 Å². The molecule has 0 aliphatic carbocycles. The maximum Gasteiger partial charge on any atom is 0.459 e. The number of unbranched alkanes of at least 4 members (excludes halogenated alkanes) is 1. The summed E-state index contributed by atoms with van der Waals surface area (Å²) in [4.78, 5) is 0. The van der Waals surface area contributed by atoms with Gasteiger partial charge in [-0.05, 0) is 49.1 Å². The van der Waals surface area contributed by atoms with Crippen LogP contribution in [0.25, 0.3) is 0 Å². The third-order valence-electron chi connectivity index (χ3n) is 3.99. The molecule has 2 rings (SSSR count). The van der Waals surface area contributed by atoms with Crippen molar-refractivity contribution in [1.82, 2.24) is 0 Å². The van der Waals surface area contributed by atoms with E-state index in [4.69, 9.17) is 4.74 Å². The van der Waals surface area contributed by atoms with Crippen LogP contribution in [0.3, 0.4) is 0 Å². The summed E-state index contributed by atoms with van der Waals surface area (Å²) in [5, 5.41) is -3.39. The van der Waals surface area contributed by atoms with Gasteiger partial charge in [-0.15, -0.1) is 0 Å². The summed E-state index contributed by atoms with van der Waals surface area (Å²) in [6.07, 6.45) is 5.66. The van der Waals surface area contributed by atoms with Crippen LogP contribution in [-0.2, 0) is 5.41 Å². The van der Waals surface area contributed by atoms with Gasteiger partial charge in [-0.25, -0.2) is 0 Å². The first kappa shape index (κ1) is 20.3. The van der Waals surface area contributed by atoms with E-state index in [1.54, 1.807) is 12.1 Å². The fourth-order valence-electron chi connectivity index (χ4n) is 2.52. The Balaban J connectivity index is 2.20. The topological polar surface area (TPSA) is 18.5 Å². The Kier molecular flexibility index (Phi) is 7.05. The molecule has 5 heteroatoms. The van der Waals surface area contributed by atoms with Gasteiger partial charge >= 0.3 is 5.02 Å². The first-order valence-electron chi connectivity index (χ1n) is 8.43. The number of benzene rings is 2. The van der Waals surface area contributed by atoms with Crippen molar-refractivity contribution in [2.24, 2.45) is 0 Å². The van der Waals surface area contributed by atoms with Gasteiger partial charge in [0, 0.05) is 15.9 Å². The van der Waals surface area contributed by atoms with Crippen molar-refractivity contribution in [1.29, 1.82) is 0 Å². The molecule has 2 nitrogen and oxygen atoms in total. The van der Waals surface area contributed by atoms with E-state index < -0.39 is 10.4 Å². The molecule has 26 heavy (non-hydrogen) atoms. The summed E-state index contributed by atoms with van der Waals surface area (Å²) >= 11 is 2.17. The summed E-state index contributed by atoms with van der Waals surface area (Å²) in [7, 11) is 0. The van der Waals surface area contributed by atoms with E-state index >= 15 is 0 Å². The van der Waals surface area contributed by atoms with Gasteiger partial charge in [0.05, 0.1) is 5.41 Å². The number of ether oxygens (including phenoxy) is 2. The Morgan fingerprint density at radius 2 is 1.65 bits per heavy atom. The van der Waals surface area contributed by atoms with Gasteiger partial charge in [-0.2, -0.15) is 8.78 Å². The summed E-state index contributed by atoms with van der Waals surface area (Å²) in [5.41, 5.74) is 0.487. The van der Waals surface area contributed by atoms with Gasteiger partial charge in [-0.1, -0.05) is 50.1 Å². The first-order chi connectivity index (χ1) is 12.3. The molecule has 0 spiro atoms. The SMILES string of the molecule is CCCCC(C)(C#COc1ccccc1)c1ccc(OC(F)(F)Br)cc1. The van der Waals surface area contributed by atoms with Gasteiger partial charge in [0.1, 0.15) is 17.6 Å². The molecule has 1 atom stereocenters. The molecule has 0 N–H and O–H groups in total. The van der Waals surface area contributed by atoms with Crippen LogP contribution in [0.1, 0.15) is 38.7 Å². The van der Waals surface area contributed by atoms with E-state index in [0.29, 0.717) is 5.75 Å². The molecule has 2 aromatic rings. The Bertz CT molecular complexity index is 746. The van der Waals surface area contributed by atoms with Crippen molar-refractivity contribution in [2.45, 2.75) is 43.5 Å². The summed E-state index contributed by atoms with van der Waals surface area (Å²) in [5.74, 6) is 3.96. The third-order valence-corrected chi connectivity index (χ3v) is 4.16. The molecular formula is C21H21BrF2O2. The Labute approximate surface area is 161 Å². The third kappa shape index (κ3) is 6.34. The number of alkyl halides is 3. The number of hydrogen-bond acceptors (Lipinski definition) is 2. The highest BCUT2D eigenvalue weighted by Gasteiger charge is 2.28. The highest BCUT2D eigenvalue weighted by atomic mass is 79.9. The van der Waals surface area contributed by atoms with Crippen molar-refractivity contribution in [3.05, 3.63) is 60.2 Å². The Hall–Kier alpha value is -2.06. The zero-order valence-corrected chi connectivity index (χ0v) is 16.4. The molecule has 0 bridgehead atoms. The summed E-state index contributed by atoms with van der Waals surface area (Å²) < 4.78 is 35.8. The average molecular weight is 423 g/mol. The van der Waals surface area contributed by atoms with Crippen molar-refractivity contribution in [3.63, 3.8) is 0 Å². The van der Waals surface area contributed by atoms with Gasteiger partial charge in [0.15, 0.2) is 0 Å². The minimum atomic E-state index is -3.39. The van der Waals surface area contributed by atoms with E-state index in [1.165, 1.54) is 12.1 Å². The lowest BCUT2D eigenvalue weighted by atomic mass is 9.79. The van der Waals surface area contributed by atoms with Gasteiger partial charge in [-0.3, -0.25) is 0 Å². The van der Waals surface area contributed by atoms with Crippen LogP contribution >= 0.6 is 15.9 Å². The van der Waals surface area contributed by atoms with Crippen molar-refractivity contribution >= 4 is 15.9 Å². The smallest absolute Gasteiger partial charge is 0.424 e. The largest absolute Gasteiger partial charge is 0.459 e. The molecule has 1 unspecified atom stereocenters. The molecule has 0 amide bonds. The van der Waals surface area contributed by atoms with Crippen LogP contribution in [0, 0.1) is 12.0 Å². The first-order valence-corrected chi connectivity index (χ1v) is 9.22. The fourth-order valence-corrected chi connectivity index (χ4v) is 2.71. The zero-order valence-electron chi connectivity index (χ0n) is 14.8. The second-order valence-corrected chi connectivity index (χ2v) is 7.07. The lowest BCUT2D eigenvalue weighted by Gasteiger charge is -2.24. The van der Waals surface area contributed by atoms with E-state index in [1.807, 2.05) is 37.3 Å². The van der Waals surface area contributed by atoms with E-state index in [9.17, 15) is 8.78 Å². The number of para-hydroxylation sites is 1. The standard InChI is InChI=1S/C21H21BrF2O2/c1-3-4-14-20(2,15-16-25-18-8-6-5-7-9-18)17-10-12-19(13-11-17)26-21(22,23)24/h5-13H,3-4,14H2,1-2H3. The van der Waals surface area contributed by atoms with Crippen LogP contribution < -0.4 is 9.47 Å². The highest BCUT2D eigenvalue weighted by molar-refractivity contribution is 9.09. The van der Waals surface area contributed by atoms with Crippen LogP contribution in [0.4, 0.5) is 8.78 Å². The molecule has 0 saturated heterocycles. The minimum absolute atomic E-state index is 0.0851. The quantitative estimate of drug-likeness (QED) is 0.374. The molecule has 2 aromatic carbocycles. The predicted molar refractivity (Wildman–Crippen MR) is 103 cm³/mol. The second kappa shape index (κ2) is 9.05. The molecule has 138 valence electrons. The molecular weight excluding hydrogens is 402 g/mol. The normalized spacial score (nSPS) is 13.3. The molecule has 0 saturated carbocycles. The monoisotopic (exact) mass is 422 g/mol. The van der Waals surface area contributed by atoms with Crippen molar-refractivity contribution in [3.8, 4) is 23.5 Å². The molecule has 0 aliphatic heterocycles. The molecule has 0 fully saturated rings. The maximum absolute atomic E-state index is 12.9. The Morgan fingerprint density at radius 3 is 2.23 bits per heavy atom. The highest BCUT2D eigenvalue weighted by Crippen LogP contribution is 2.32. The van der Waals surface area contributed by atoms with Crippen molar-refractivity contribution in [2.75, 3.05) is 0 Å². The van der Waals surface area contributed by atoms with Crippen LogP contribution in [-0.4, -0.2) is 5.02 Å². The number of hydrogen-bond donors (Lipinski definition) is 0. The molecule has 0 heterocycles. The molecule has 0 radical (unpaired) electrons. The molecule has 0 aliphatic rings. The van der Waals surface area contributed by atoms with Crippen LogP contribution in [0.15, 0.2) is 54.6 Å². The van der Waals surface area contributed by atoms with Gasteiger partial charge < -0.3 is 9.47 Å². The van der Waals surface area contributed by atoms with Crippen LogP contribution in [0.2, 0.25) is 0 Å². The predicted octanol–water partition coefficient (Wildman–Crippen LogP) is 6.50. The van der Waals surface area contributed by atoms with Crippen LogP contribution in [0.5, 0.6) is 11.5 Å². The Morgan fingerprint density at radius 1 is 1.00 bits per heavy atom. The second-order valence-electron chi connectivity index (χ2n) is 6.15. The minimum Gasteiger partial charge on any atom is -0.424 e. The summed E-state index contributed by atoms with van der Waals surface area (Å²) in [6, 6.07) is 15.9. The fraction of sp³-hybridized carbons (Fsp3) is 0.333. The van der Waals surface area contributed by atoms with Crippen molar-refractivity contribution < 1.29 is 18.3 Å². The van der Waals surface area contributed by atoms with E-state index in [-0.39, 0.29) is 5.75 Å². The molecule has 0 aromatic heterocycles. The summed E-state index contributed by atoms with van der Waals surface area (Å²) in [6.45, 7) is 4.14.